The summed E-state index contributed by atoms with van der Waals surface area (Å²) in [6.07, 6.45) is 1.54. The number of nitrogens with zero attached hydrogens (tertiary/aromatic N) is 3. The summed E-state index contributed by atoms with van der Waals surface area (Å²) in [7, 11) is 0. The quantitative estimate of drug-likeness (QED) is 0.333. The van der Waals surface area contributed by atoms with Crippen LogP contribution in [0, 0.1) is 21.4 Å². The van der Waals surface area contributed by atoms with Gasteiger partial charge in [0.25, 0.3) is 11.9 Å². The van der Waals surface area contributed by atoms with E-state index in [-0.39, 0.29) is 39.3 Å². The number of benzene rings is 3. The highest BCUT2D eigenvalue weighted by molar-refractivity contribution is 6.37. The van der Waals surface area contributed by atoms with Gasteiger partial charge in [-0.3, -0.25) is 19.8 Å². The van der Waals surface area contributed by atoms with Gasteiger partial charge in [-0.05, 0) is 42.7 Å². The summed E-state index contributed by atoms with van der Waals surface area (Å²) in [6.45, 7) is 0.661. The fourth-order valence-electron chi connectivity index (χ4n) is 6.59. The van der Waals surface area contributed by atoms with Gasteiger partial charge in [-0.2, -0.15) is 5.26 Å². The van der Waals surface area contributed by atoms with E-state index in [4.69, 9.17) is 27.9 Å². The molecular formula is C28H22Cl2N4O4. The Balaban J connectivity index is 1.41. The molecule has 3 aliphatic heterocycles. The van der Waals surface area contributed by atoms with Crippen molar-refractivity contribution in [1.82, 2.24) is 4.90 Å². The fourth-order valence-corrected chi connectivity index (χ4v) is 7.20. The van der Waals surface area contributed by atoms with Crippen LogP contribution in [0.5, 0.6) is 5.75 Å². The molecule has 0 saturated carbocycles. The van der Waals surface area contributed by atoms with Gasteiger partial charge >= 0.3 is 0 Å². The van der Waals surface area contributed by atoms with E-state index < -0.39 is 17.5 Å². The molecule has 0 bridgehead atoms. The third kappa shape index (κ3) is 3.50. The van der Waals surface area contributed by atoms with E-state index in [1.54, 1.807) is 54.6 Å². The summed E-state index contributed by atoms with van der Waals surface area (Å²) in [5.74, 6) is -0.752. The van der Waals surface area contributed by atoms with Crippen LogP contribution < -0.4 is 10.1 Å². The number of ether oxygens (including phenoxy) is 1. The predicted molar refractivity (Wildman–Crippen MR) is 142 cm³/mol. The summed E-state index contributed by atoms with van der Waals surface area (Å²) < 4.78 is 5.91. The van der Waals surface area contributed by atoms with Gasteiger partial charge in [0.1, 0.15) is 6.61 Å². The van der Waals surface area contributed by atoms with Crippen LogP contribution >= 0.6 is 23.2 Å². The van der Waals surface area contributed by atoms with Crippen molar-refractivity contribution in [3.8, 4) is 11.8 Å². The Morgan fingerprint density at radius 2 is 1.87 bits per heavy atom. The average molecular weight is 549 g/mol. The van der Waals surface area contributed by atoms with Crippen molar-refractivity contribution in [3.05, 3.63) is 103 Å². The van der Waals surface area contributed by atoms with Crippen LogP contribution in [0.1, 0.15) is 41.0 Å². The van der Waals surface area contributed by atoms with Crippen LogP contribution in [0.15, 0.2) is 60.7 Å². The monoisotopic (exact) mass is 548 g/mol. The maximum absolute atomic E-state index is 13.6. The molecule has 0 unspecified atom stereocenters. The Kier molecular flexibility index (Phi) is 6.03. The highest BCUT2D eigenvalue weighted by Gasteiger charge is 2.73. The van der Waals surface area contributed by atoms with Crippen LogP contribution in [-0.2, 0) is 16.9 Å². The first-order valence-corrected chi connectivity index (χ1v) is 13.0. The van der Waals surface area contributed by atoms with Crippen molar-refractivity contribution in [2.45, 2.75) is 43.0 Å². The van der Waals surface area contributed by atoms with E-state index in [2.05, 4.69) is 11.4 Å². The van der Waals surface area contributed by atoms with Crippen LogP contribution in [-0.4, -0.2) is 34.4 Å². The first-order chi connectivity index (χ1) is 18.4. The lowest BCUT2D eigenvalue weighted by atomic mass is 9.77. The molecule has 192 valence electrons. The lowest BCUT2D eigenvalue weighted by molar-refractivity contribution is -0.534. The standard InChI is InChI=1S/C28H22Cl2N4O4/c29-20-12-18(13-21(30)25(20)38-15-17-7-2-1-6-16(17)14-31)24-23-10-5-11-33(23)28(26(24)34(36)37)19-8-3-4-9-22(19)32-27(28)35/h1-4,6-9,12-13,23-24,26H,5,10-11,15H2,(H,32,35)/t23-,24+,26+,28-/m0/s1. The molecule has 1 N–H and O–H groups in total. The van der Waals surface area contributed by atoms with E-state index in [0.717, 1.165) is 6.42 Å². The van der Waals surface area contributed by atoms with E-state index in [0.29, 0.717) is 40.9 Å². The Labute approximate surface area is 228 Å². The van der Waals surface area contributed by atoms with Crippen molar-refractivity contribution in [2.24, 2.45) is 0 Å². The number of fused-ring (bicyclic) bond motifs is 4. The number of halogens is 2. The lowest BCUT2D eigenvalue weighted by Gasteiger charge is -2.32. The van der Waals surface area contributed by atoms with Gasteiger partial charge in [0.05, 0.1) is 27.6 Å². The van der Waals surface area contributed by atoms with Crippen molar-refractivity contribution >= 4 is 34.8 Å². The lowest BCUT2D eigenvalue weighted by Crippen LogP contribution is -2.55. The van der Waals surface area contributed by atoms with Crippen molar-refractivity contribution in [3.63, 3.8) is 0 Å². The summed E-state index contributed by atoms with van der Waals surface area (Å²) in [6, 6.07) is 18.2. The van der Waals surface area contributed by atoms with Gasteiger partial charge in [-0.15, -0.1) is 0 Å². The van der Waals surface area contributed by atoms with Gasteiger partial charge in [-0.1, -0.05) is 59.6 Å². The van der Waals surface area contributed by atoms with Crippen molar-refractivity contribution < 1.29 is 14.5 Å². The van der Waals surface area contributed by atoms with Gasteiger partial charge in [0, 0.05) is 34.3 Å². The summed E-state index contributed by atoms with van der Waals surface area (Å²) in [5, 5.41) is 25.4. The molecule has 2 fully saturated rings. The van der Waals surface area contributed by atoms with Gasteiger partial charge in [0.2, 0.25) is 0 Å². The topological polar surface area (TPSA) is 108 Å². The second-order valence-corrected chi connectivity index (χ2v) is 10.6. The Hall–Kier alpha value is -3.64. The Morgan fingerprint density at radius 3 is 2.61 bits per heavy atom. The molecule has 6 rings (SSSR count). The molecular weight excluding hydrogens is 527 g/mol. The molecule has 8 nitrogen and oxygen atoms in total. The minimum atomic E-state index is -1.42. The van der Waals surface area contributed by atoms with Gasteiger partial charge in [0.15, 0.2) is 11.3 Å². The first-order valence-electron chi connectivity index (χ1n) is 12.3. The third-order valence-electron chi connectivity index (χ3n) is 8.01. The van der Waals surface area contributed by atoms with Gasteiger partial charge in [-0.25, -0.2) is 0 Å². The highest BCUT2D eigenvalue weighted by atomic mass is 35.5. The number of nitrogens with one attached hydrogen (secondary N) is 1. The zero-order valence-electron chi connectivity index (χ0n) is 20.1. The molecule has 3 aromatic carbocycles. The fraction of sp³-hybridized carbons (Fsp3) is 0.286. The minimum Gasteiger partial charge on any atom is -0.486 e. The van der Waals surface area contributed by atoms with Gasteiger partial charge < -0.3 is 10.1 Å². The number of amides is 1. The SMILES string of the molecule is N#Cc1ccccc1COc1c(Cl)cc([C@@H]2[C@@H]3CCCN3[C@]3(C(=O)Nc4ccccc43)[C@@H]2[N+](=O)[O-])cc1Cl. The van der Waals surface area contributed by atoms with Crippen molar-refractivity contribution in [2.75, 3.05) is 11.9 Å². The molecule has 38 heavy (non-hydrogen) atoms. The number of carbonyl (C=O) groups excluding carboxylic acids is 1. The molecule has 3 aromatic rings. The van der Waals surface area contributed by atoms with Crippen LogP contribution in [0.4, 0.5) is 5.69 Å². The molecule has 1 amide bonds. The number of hydrogen-bond acceptors (Lipinski definition) is 6. The highest BCUT2D eigenvalue weighted by Crippen LogP contribution is 2.58. The normalized spacial score (nSPS) is 25.6. The maximum atomic E-state index is 13.6. The molecule has 3 aliphatic rings. The molecule has 0 radical (unpaired) electrons. The van der Waals surface area contributed by atoms with Crippen molar-refractivity contribution in [1.29, 1.82) is 5.26 Å². The summed E-state index contributed by atoms with van der Waals surface area (Å²) in [4.78, 5) is 28.1. The minimum absolute atomic E-state index is 0.0833. The molecule has 3 heterocycles. The molecule has 10 heteroatoms. The number of nitriles is 1. The zero-order chi connectivity index (χ0) is 26.6. The average Bonchev–Trinajstić information content (AvgIpc) is 3.56. The Morgan fingerprint density at radius 1 is 1.16 bits per heavy atom. The van der Waals surface area contributed by atoms with E-state index >= 15 is 0 Å². The second kappa shape index (κ2) is 9.28. The molecule has 1 spiro atoms. The molecule has 0 aromatic heterocycles. The third-order valence-corrected chi connectivity index (χ3v) is 8.57. The number of para-hydroxylation sites is 1. The number of carbonyl (C=O) groups is 1. The van der Waals surface area contributed by atoms with E-state index in [1.807, 2.05) is 11.0 Å². The first kappa shape index (κ1) is 24.7. The van der Waals surface area contributed by atoms with Crippen LogP contribution in [0.25, 0.3) is 0 Å². The smallest absolute Gasteiger partial charge is 0.256 e. The number of anilines is 1. The van der Waals surface area contributed by atoms with E-state index in [9.17, 15) is 20.2 Å². The van der Waals surface area contributed by atoms with Crippen LogP contribution in [0.2, 0.25) is 10.0 Å². The molecule has 0 aliphatic carbocycles. The predicted octanol–water partition coefficient (Wildman–Crippen LogP) is 5.50. The number of rotatable bonds is 5. The molecule has 4 atom stereocenters. The maximum Gasteiger partial charge on any atom is 0.256 e. The zero-order valence-corrected chi connectivity index (χ0v) is 21.6. The van der Waals surface area contributed by atoms with Crippen LogP contribution in [0.3, 0.4) is 0 Å². The summed E-state index contributed by atoms with van der Waals surface area (Å²) >= 11 is 13.3. The molecule has 2 saturated heterocycles. The van der Waals surface area contributed by atoms with E-state index in [1.165, 1.54) is 0 Å². The largest absolute Gasteiger partial charge is 0.486 e. The summed E-state index contributed by atoms with van der Waals surface area (Å²) in [5.41, 5.74) is 1.59. The number of hydrogen-bond donors (Lipinski definition) is 1. The number of nitro groups is 1. The Bertz CT molecular complexity index is 1500. The second-order valence-electron chi connectivity index (χ2n) is 9.80.